The fourth-order valence-electron chi connectivity index (χ4n) is 4.92. The lowest BCUT2D eigenvalue weighted by Crippen LogP contribution is -2.41. The third-order valence-electron chi connectivity index (χ3n) is 7.91. The third kappa shape index (κ3) is 7.73. The molecule has 1 fully saturated rings. The van der Waals surface area contributed by atoms with E-state index in [0.29, 0.717) is 34.6 Å². The molecule has 1 heterocycles. The Morgan fingerprint density at radius 1 is 0.929 bits per heavy atom. The number of rotatable bonds is 11. The van der Waals surface area contributed by atoms with Crippen molar-refractivity contribution in [2.75, 3.05) is 19.8 Å². The maximum atomic E-state index is 11.3. The van der Waals surface area contributed by atoms with Crippen LogP contribution in [0, 0.1) is 13.8 Å². The van der Waals surface area contributed by atoms with Crippen LogP contribution in [0.3, 0.4) is 0 Å². The van der Waals surface area contributed by atoms with E-state index in [0.717, 1.165) is 27.7 Å². The summed E-state index contributed by atoms with van der Waals surface area (Å²) in [4.78, 5) is 11.3. The maximum absolute atomic E-state index is 11.3. The van der Waals surface area contributed by atoms with Crippen molar-refractivity contribution in [3.8, 4) is 11.5 Å². The third-order valence-corrected chi connectivity index (χ3v) is 8.47. The molecule has 3 aromatic carbocycles. The summed E-state index contributed by atoms with van der Waals surface area (Å²) in [6.07, 6.45) is -0.407. The lowest BCUT2D eigenvalue weighted by Gasteiger charge is -2.32. The second-order valence-electron chi connectivity index (χ2n) is 11.7. The molecule has 1 aliphatic heterocycles. The summed E-state index contributed by atoms with van der Waals surface area (Å²) in [6.45, 7) is 13.0. The molecule has 4 rings (SSSR count). The molecule has 3 aromatic rings. The molecule has 224 valence electrons. The van der Waals surface area contributed by atoms with E-state index < -0.39 is 24.4 Å². The van der Waals surface area contributed by atoms with Crippen LogP contribution < -0.4 is 20.3 Å². The molecule has 0 bridgehead atoms. The van der Waals surface area contributed by atoms with E-state index in [1.165, 1.54) is 0 Å². The molecule has 7 nitrogen and oxygen atoms in total. The van der Waals surface area contributed by atoms with Crippen LogP contribution >= 0.6 is 23.2 Å². The van der Waals surface area contributed by atoms with E-state index in [2.05, 4.69) is 11.4 Å². The fraction of sp³-hybridized carbons (Fsp3) is 0.406. The number of hydrogen-bond donors (Lipinski definition) is 2. The summed E-state index contributed by atoms with van der Waals surface area (Å²) in [5.74, 6) is 1.08. The van der Waals surface area contributed by atoms with E-state index in [-0.39, 0.29) is 19.1 Å². The van der Waals surface area contributed by atoms with Crippen LogP contribution in [0.25, 0.3) is 0 Å². The predicted octanol–water partition coefficient (Wildman–Crippen LogP) is 6.96. The van der Waals surface area contributed by atoms with Crippen molar-refractivity contribution in [3.05, 3.63) is 86.9 Å². The molecule has 1 atom stereocenters. The summed E-state index contributed by atoms with van der Waals surface area (Å²) in [5.41, 5.74) is 4.22. The molecule has 1 aliphatic rings. The SMILES string of the molecule is Cc1cc(Cl)c(OCCOc2ccc(CC(CNC(=O)O)c3ccc(B4OC(C)(C)C(C)(C)O4)cc3C)cc2)c(Cl)c1. The lowest BCUT2D eigenvalue weighted by atomic mass is 9.76. The number of benzene rings is 3. The van der Waals surface area contributed by atoms with Crippen LogP contribution in [-0.2, 0) is 15.7 Å². The van der Waals surface area contributed by atoms with Gasteiger partial charge in [-0.3, -0.25) is 0 Å². The zero-order valence-corrected chi connectivity index (χ0v) is 26.4. The lowest BCUT2D eigenvalue weighted by molar-refractivity contribution is 0.00578. The Hall–Kier alpha value is -2.91. The molecule has 10 heteroatoms. The summed E-state index contributed by atoms with van der Waals surface area (Å²) in [5, 5.41) is 12.8. The van der Waals surface area contributed by atoms with Gasteiger partial charge in [-0.15, -0.1) is 0 Å². The number of ether oxygens (including phenoxy) is 2. The van der Waals surface area contributed by atoms with Crippen molar-refractivity contribution in [1.82, 2.24) is 5.32 Å². The Labute approximate surface area is 258 Å². The van der Waals surface area contributed by atoms with Crippen molar-refractivity contribution in [3.63, 3.8) is 0 Å². The molecule has 0 aliphatic carbocycles. The van der Waals surface area contributed by atoms with E-state index in [1.54, 1.807) is 12.1 Å². The minimum Gasteiger partial charge on any atom is -0.490 e. The van der Waals surface area contributed by atoms with Gasteiger partial charge in [0, 0.05) is 12.5 Å². The number of carbonyl (C=O) groups is 1. The molecule has 2 N–H and O–H groups in total. The normalized spacial score (nSPS) is 16.2. The smallest absolute Gasteiger partial charge is 0.490 e. The highest BCUT2D eigenvalue weighted by atomic mass is 35.5. The zero-order chi connectivity index (χ0) is 30.7. The van der Waals surface area contributed by atoms with Crippen LogP contribution in [-0.4, -0.2) is 49.3 Å². The van der Waals surface area contributed by atoms with Gasteiger partial charge in [0.05, 0.1) is 21.2 Å². The zero-order valence-electron chi connectivity index (χ0n) is 24.9. The van der Waals surface area contributed by atoms with E-state index in [9.17, 15) is 9.90 Å². The summed E-state index contributed by atoms with van der Waals surface area (Å²) in [7, 11) is -0.456. The first-order valence-corrected chi connectivity index (χ1v) is 14.7. The predicted molar refractivity (Wildman–Crippen MR) is 168 cm³/mol. The average molecular weight is 614 g/mol. The Kier molecular flexibility index (Phi) is 10.0. The first-order valence-electron chi connectivity index (χ1n) is 14.0. The van der Waals surface area contributed by atoms with Gasteiger partial charge in [-0.1, -0.05) is 53.5 Å². The summed E-state index contributed by atoms with van der Waals surface area (Å²) >= 11 is 12.5. The quantitative estimate of drug-likeness (QED) is 0.180. The van der Waals surface area contributed by atoms with Crippen LogP contribution in [0.1, 0.15) is 55.9 Å². The molecule has 1 unspecified atom stereocenters. The number of hydrogen-bond acceptors (Lipinski definition) is 5. The highest BCUT2D eigenvalue weighted by Gasteiger charge is 2.51. The minimum atomic E-state index is -1.05. The van der Waals surface area contributed by atoms with Crippen molar-refractivity contribution >= 4 is 41.9 Å². The molecule has 0 radical (unpaired) electrons. The van der Waals surface area contributed by atoms with Gasteiger partial charge in [-0.25, -0.2) is 4.79 Å². The number of halogens is 2. The number of aryl methyl sites for hydroxylation is 2. The van der Waals surface area contributed by atoms with Gasteiger partial charge in [0.1, 0.15) is 19.0 Å². The van der Waals surface area contributed by atoms with E-state index in [1.807, 2.05) is 77.9 Å². The van der Waals surface area contributed by atoms with E-state index >= 15 is 0 Å². The Morgan fingerprint density at radius 3 is 2.10 bits per heavy atom. The second-order valence-corrected chi connectivity index (χ2v) is 12.5. The molecule has 0 aromatic heterocycles. The number of nitrogens with one attached hydrogen (secondary N) is 1. The Bertz CT molecular complexity index is 1370. The molecular weight excluding hydrogens is 576 g/mol. The first kappa shape index (κ1) is 32.0. The van der Waals surface area contributed by atoms with Crippen LogP contribution in [0.4, 0.5) is 4.79 Å². The molecular formula is C32H38BCl2NO6. The van der Waals surface area contributed by atoms with Crippen molar-refractivity contribution < 1.29 is 28.7 Å². The van der Waals surface area contributed by atoms with Gasteiger partial charge in [0.2, 0.25) is 0 Å². The van der Waals surface area contributed by atoms with Gasteiger partial charge < -0.3 is 29.2 Å². The van der Waals surface area contributed by atoms with Gasteiger partial charge >= 0.3 is 13.2 Å². The molecule has 1 saturated heterocycles. The van der Waals surface area contributed by atoms with Crippen molar-refractivity contribution in [2.45, 2.75) is 65.1 Å². The van der Waals surface area contributed by atoms with Crippen molar-refractivity contribution in [2.24, 2.45) is 0 Å². The van der Waals surface area contributed by atoms with Gasteiger partial charge in [-0.05, 0) is 99.9 Å². The molecule has 1 amide bonds. The topological polar surface area (TPSA) is 86.3 Å². The van der Waals surface area contributed by atoms with Crippen LogP contribution in [0.5, 0.6) is 11.5 Å². The minimum absolute atomic E-state index is 0.0716. The molecule has 0 saturated carbocycles. The largest absolute Gasteiger partial charge is 0.494 e. The standard InChI is InChI=1S/C32H38BCl2NO6/c1-20-15-27(34)29(28(35)16-20)40-14-13-39-25-10-7-22(8-11-25)18-23(19-36-30(37)38)26-12-9-24(17-21(26)2)33-41-31(3,4)32(5,6)42-33/h7-12,15-17,23,36H,13-14,18-19H2,1-6H3,(H,37,38). The fourth-order valence-corrected chi connectivity index (χ4v) is 5.62. The monoisotopic (exact) mass is 613 g/mol. The number of amides is 1. The first-order chi connectivity index (χ1) is 19.8. The van der Waals surface area contributed by atoms with Crippen molar-refractivity contribution in [1.29, 1.82) is 0 Å². The molecule has 42 heavy (non-hydrogen) atoms. The Morgan fingerprint density at radius 2 is 1.52 bits per heavy atom. The van der Waals surface area contributed by atoms with E-state index in [4.69, 9.17) is 42.0 Å². The van der Waals surface area contributed by atoms with Crippen LogP contribution in [0.2, 0.25) is 10.0 Å². The average Bonchev–Trinajstić information content (AvgIpc) is 3.12. The molecule has 0 spiro atoms. The summed E-state index contributed by atoms with van der Waals surface area (Å²) < 4.78 is 24.0. The van der Waals surface area contributed by atoms with Gasteiger partial charge in [-0.2, -0.15) is 0 Å². The highest BCUT2D eigenvalue weighted by Crippen LogP contribution is 2.37. The maximum Gasteiger partial charge on any atom is 0.494 e. The van der Waals surface area contributed by atoms with Crippen LogP contribution in [0.15, 0.2) is 54.6 Å². The van der Waals surface area contributed by atoms with Gasteiger partial charge in [0.25, 0.3) is 0 Å². The highest BCUT2D eigenvalue weighted by molar-refractivity contribution is 6.62. The van der Waals surface area contributed by atoms with Gasteiger partial charge in [0.15, 0.2) is 5.75 Å². The summed E-state index contributed by atoms with van der Waals surface area (Å²) in [6, 6.07) is 17.5. The Balaban J connectivity index is 1.39. The second kappa shape index (κ2) is 13.2. The number of carboxylic acid groups (broad SMARTS) is 1.